The summed E-state index contributed by atoms with van der Waals surface area (Å²) in [7, 11) is 0. The smallest absolute Gasteiger partial charge is 0.171 e. The number of para-hydroxylation sites is 1. The van der Waals surface area contributed by atoms with E-state index in [-0.39, 0.29) is 5.78 Å². The minimum Gasteiger partial charge on any atom is -0.489 e. The van der Waals surface area contributed by atoms with Crippen LogP contribution in [0.3, 0.4) is 0 Å². The number of ketones is 1. The number of rotatable bonds is 3. The molecule has 0 atom stereocenters. The van der Waals surface area contributed by atoms with Gasteiger partial charge in [0.1, 0.15) is 6.61 Å². The van der Waals surface area contributed by atoms with Gasteiger partial charge >= 0.3 is 0 Å². The lowest BCUT2D eigenvalue weighted by molar-refractivity contribution is 0.0989. The molecule has 2 aromatic carbocycles. The Balaban J connectivity index is 1.90. The maximum absolute atomic E-state index is 12.5. The molecule has 102 valence electrons. The van der Waals surface area contributed by atoms with E-state index in [2.05, 4.69) is 5.32 Å². The third-order valence-corrected chi connectivity index (χ3v) is 3.59. The number of anilines is 1. The van der Waals surface area contributed by atoms with Gasteiger partial charge in [0.15, 0.2) is 11.5 Å². The van der Waals surface area contributed by atoms with E-state index in [0.29, 0.717) is 24.3 Å². The van der Waals surface area contributed by atoms with Gasteiger partial charge < -0.3 is 10.1 Å². The Hall–Kier alpha value is -2.29. The van der Waals surface area contributed by atoms with Crippen LogP contribution in [-0.4, -0.2) is 18.9 Å². The Bertz CT molecular complexity index is 649. The number of fused-ring (bicyclic) bond motifs is 1. The highest BCUT2D eigenvalue weighted by molar-refractivity contribution is 6.01. The first-order chi connectivity index (χ1) is 9.75. The predicted molar refractivity (Wildman–Crippen MR) is 79.6 cm³/mol. The van der Waals surface area contributed by atoms with Crippen molar-refractivity contribution in [3.63, 3.8) is 0 Å². The standard InChI is InChI=1S/C17H17NO2/c1-12-5-2-3-6-13(12)11-16(19)14-7-4-8-15-17(14)20-10-9-18-15/h2-8,18H,9-11H2,1H3. The highest BCUT2D eigenvalue weighted by Crippen LogP contribution is 2.32. The third-order valence-electron chi connectivity index (χ3n) is 3.59. The van der Waals surface area contributed by atoms with Gasteiger partial charge in [-0.2, -0.15) is 0 Å². The van der Waals surface area contributed by atoms with Crippen molar-refractivity contribution in [3.05, 3.63) is 59.2 Å². The van der Waals surface area contributed by atoms with Crippen LogP contribution in [0.1, 0.15) is 21.5 Å². The average molecular weight is 267 g/mol. The molecule has 0 fully saturated rings. The molecule has 1 aliphatic heterocycles. The Morgan fingerprint density at radius 2 is 2.05 bits per heavy atom. The Labute approximate surface area is 118 Å². The van der Waals surface area contributed by atoms with Gasteiger partial charge in [-0.1, -0.05) is 30.3 Å². The van der Waals surface area contributed by atoms with Gasteiger partial charge in [-0.15, -0.1) is 0 Å². The first kappa shape index (κ1) is 12.7. The molecule has 2 aromatic rings. The van der Waals surface area contributed by atoms with Crippen molar-refractivity contribution in [2.75, 3.05) is 18.5 Å². The lowest BCUT2D eigenvalue weighted by atomic mass is 9.98. The Kier molecular flexibility index (Phi) is 3.42. The summed E-state index contributed by atoms with van der Waals surface area (Å²) in [6.07, 6.45) is 0.409. The van der Waals surface area contributed by atoms with Gasteiger partial charge in [0.25, 0.3) is 0 Å². The fourth-order valence-corrected chi connectivity index (χ4v) is 2.47. The summed E-state index contributed by atoms with van der Waals surface area (Å²) in [5.74, 6) is 0.789. The first-order valence-corrected chi connectivity index (χ1v) is 6.83. The lowest BCUT2D eigenvalue weighted by Crippen LogP contribution is -2.20. The summed E-state index contributed by atoms with van der Waals surface area (Å²) in [5.41, 5.74) is 3.79. The number of hydrogen-bond acceptors (Lipinski definition) is 3. The molecule has 1 N–H and O–H groups in total. The lowest BCUT2D eigenvalue weighted by Gasteiger charge is -2.21. The summed E-state index contributed by atoms with van der Waals surface area (Å²) in [5, 5.41) is 3.26. The molecule has 0 radical (unpaired) electrons. The highest BCUT2D eigenvalue weighted by Gasteiger charge is 2.19. The molecule has 0 bridgehead atoms. The van der Waals surface area contributed by atoms with Crippen molar-refractivity contribution < 1.29 is 9.53 Å². The molecule has 1 aliphatic rings. The number of benzene rings is 2. The van der Waals surface area contributed by atoms with Crippen molar-refractivity contribution in [1.29, 1.82) is 0 Å². The molecule has 0 aromatic heterocycles. The normalized spacial score (nSPS) is 13.1. The van der Waals surface area contributed by atoms with Gasteiger partial charge in [0, 0.05) is 13.0 Å². The fraction of sp³-hybridized carbons (Fsp3) is 0.235. The molecule has 3 nitrogen and oxygen atoms in total. The molecule has 0 unspecified atom stereocenters. The van der Waals surface area contributed by atoms with Crippen molar-refractivity contribution in [1.82, 2.24) is 0 Å². The second-order valence-corrected chi connectivity index (χ2v) is 4.98. The third kappa shape index (κ3) is 2.39. The van der Waals surface area contributed by atoms with Gasteiger partial charge in [-0.25, -0.2) is 0 Å². The molecule has 0 spiro atoms. The summed E-state index contributed by atoms with van der Waals surface area (Å²) < 4.78 is 5.66. The van der Waals surface area contributed by atoms with E-state index >= 15 is 0 Å². The number of hydrogen-bond donors (Lipinski definition) is 1. The minimum atomic E-state index is 0.0971. The van der Waals surface area contributed by atoms with Crippen LogP contribution in [0.5, 0.6) is 5.75 Å². The van der Waals surface area contributed by atoms with E-state index < -0.39 is 0 Å². The van der Waals surface area contributed by atoms with Gasteiger partial charge in [0.05, 0.1) is 11.3 Å². The molecule has 0 saturated heterocycles. The van der Waals surface area contributed by atoms with E-state index in [1.54, 1.807) is 0 Å². The number of aryl methyl sites for hydroxylation is 1. The molecule has 0 saturated carbocycles. The predicted octanol–water partition coefficient (Wildman–Crippen LogP) is 3.22. The van der Waals surface area contributed by atoms with Crippen LogP contribution in [0.4, 0.5) is 5.69 Å². The van der Waals surface area contributed by atoms with Gasteiger partial charge in [-0.3, -0.25) is 4.79 Å². The number of carbonyl (C=O) groups excluding carboxylic acids is 1. The Morgan fingerprint density at radius 1 is 1.20 bits per heavy atom. The number of carbonyl (C=O) groups is 1. The van der Waals surface area contributed by atoms with Crippen LogP contribution < -0.4 is 10.1 Å². The fourth-order valence-electron chi connectivity index (χ4n) is 2.47. The minimum absolute atomic E-state index is 0.0971. The molecule has 1 heterocycles. The van der Waals surface area contributed by atoms with E-state index in [4.69, 9.17) is 4.74 Å². The maximum atomic E-state index is 12.5. The summed E-state index contributed by atoms with van der Waals surface area (Å²) >= 11 is 0. The number of Topliss-reactive ketones (excluding diaryl/α,β-unsaturated/α-hetero) is 1. The van der Waals surface area contributed by atoms with Crippen LogP contribution in [0.25, 0.3) is 0 Å². The van der Waals surface area contributed by atoms with Crippen molar-refractivity contribution in [2.24, 2.45) is 0 Å². The average Bonchev–Trinajstić information content (AvgIpc) is 2.49. The molecular weight excluding hydrogens is 250 g/mol. The molecule has 0 amide bonds. The Morgan fingerprint density at radius 3 is 2.90 bits per heavy atom. The van der Waals surface area contributed by atoms with Crippen molar-refractivity contribution in [3.8, 4) is 5.75 Å². The number of nitrogens with one attached hydrogen (secondary N) is 1. The van der Waals surface area contributed by atoms with Crippen LogP contribution in [-0.2, 0) is 6.42 Å². The maximum Gasteiger partial charge on any atom is 0.171 e. The zero-order valence-corrected chi connectivity index (χ0v) is 11.5. The quantitative estimate of drug-likeness (QED) is 0.868. The van der Waals surface area contributed by atoms with Gasteiger partial charge in [0.2, 0.25) is 0 Å². The van der Waals surface area contributed by atoms with Gasteiger partial charge in [-0.05, 0) is 30.2 Å². The molecule has 0 aliphatic carbocycles. The summed E-state index contributed by atoms with van der Waals surface area (Å²) in [6.45, 7) is 3.41. The van der Waals surface area contributed by atoms with E-state index in [9.17, 15) is 4.79 Å². The molecular formula is C17H17NO2. The second-order valence-electron chi connectivity index (χ2n) is 4.98. The SMILES string of the molecule is Cc1ccccc1CC(=O)c1cccc2c1OCCN2. The topological polar surface area (TPSA) is 38.3 Å². The zero-order valence-electron chi connectivity index (χ0n) is 11.5. The van der Waals surface area contributed by atoms with Crippen molar-refractivity contribution in [2.45, 2.75) is 13.3 Å². The van der Waals surface area contributed by atoms with Crippen LogP contribution in [0.15, 0.2) is 42.5 Å². The van der Waals surface area contributed by atoms with Crippen LogP contribution >= 0.6 is 0 Å². The largest absolute Gasteiger partial charge is 0.489 e. The molecule has 20 heavy (non-hydrogen) atoms. The highest BCUT2D eigenvalue weighted by atomic mass is 16.5. The second kappa shape index (κ2) is 5.37. The zero-order chi connectivity index (χ0) is 13.9. The van der Waals surface area contributed by atoms with E-state index in [1.165, 1.54) is 0 Å². The molecule has 3 rings (SSSR count). The van der Waals surface area contributed by atoms with Crippen LogP contribution in [0, 0.1) is 6.92 Å². The van der Waals surface area contributed by atoms with E-state index in [0.717, 1.165) is 23.4 Å². The monoisotopic (exact) mass is 267 g/mol. The van der Waals surface area contributed by atoms with Crippen molar-refractivity contribution >= 4 is 11.5 Å². The molecule has 3 heteroatoms. The van der Waals surface area contributed by atoms with Crippen LogP contribution in [0.2, 0.25) is 0 Å². The number of ether oxygens (including phenoxy) is 1. The first-order valence-electron chi connectivity index (χ1n) is 6.83. The van der Waals surface area contributed by atoms with E-state index in [1.807, 2.05) is 49.4 Å². The summed E-state index contributed by atoms with van der Waals surface area (Å²) in [4.78, 5) is 12.5. The summed E-state index contributed by atoms with van der Waals surface area (Å²) in [6, 6.07) is 13.7.